The number of allylic oxidation sites excluding steroid dienone is 2. The molecule has 0 saturated heterocycles. The molecule has 9 nitrogen and oxygen atoms in total. The van der Waals surface area contributed by atoms with Gasteiger partial charge in [-0.15, -0.1) is 0 Å². The van der Waals surface area contributed by atoms with Crippen molar-refractivity contribution in [1.82, 2.24) is 14.0 Å². The van der Waals surface area contributed by atoms with Crippen molar-refractivity contribution in [3.63, 3.8) is 0 Å². The van der Waals surface area contributed by atoms with Crippen LogP contribution >= 0.6 is 0 Å². The fourth-order valence-electron chi connectivity index (χ4n) is 2.08. The van der Waals surface area contributed by atoms with Gasteiger partial charge in [-0.3, -0.25) is 18.8 Å². The number of rotatable bonds is 8. The van der Waals surface area contributed by atoms with Gasteiger partial charge in [0.1, 0.15) is 13.5 Å². The fourth-order valence-corrected chi connectivity index (χ4v) is 2.63. The van der Waals surface area contributed by atoms with Crippen LogP contribution in [-0.4, -0.2) is 35.1 Å². The zero-order chi connectivity index (χ0) is 18.4. The van der Waals surface area contributed by atoms with Crippen molar-refractivity contribution >= 4 is 22.5 Å². The van der Waals surface area contributed by atoms with Gasteiger partial charge < -0.3 is 0 Å². The van der Waals surface area contributed by atoms with Crippen LogP contribution in [0.4, 0.5) is 0 Å². The molecule has 2 heterocycles. The maximum absolute atomic E-state index is 11.9. The molecule has 25 heavy (non-hydrogen) atoms. The van der Waals surface area contributed by atoms with Crippen LogP contribution in [0.2, 0.25) is 0 Å². The normalized spacial score (nSPS) is 18.2. The largest absolute Gasteiger partial charge is 0.403 e. The Morgan fingerprint density at radius 1 is 1.12 bits per heavy atom. The Hall–Kier alpha value is -2.43. The van der Waals surface area contributed by atoms with Crippen LogP contribution < -0.4 is 5.69 Å². The zero-order valence-electron chi connectivity index (χ0n) is 13.8. The van der Waals surface area contributed by atoms with Crippen molar-refractivity contribution in [2.45, 2.75) is 20.6 Å². The molecule has 1 atom stereocenters. The molecule has 1 aromatic heterocycles. The first-order valence-corrected chi connectivity index (χ1v) is 8.77. The van der Waals surface area contributed by atoms with Crippen molar-refractivity contribution in [3.8, 4) is 0 Å². The summed E-state index contributed by atoms with van der Waals surface area (Å²) in [6.45, 7) is 2.49. The van der Waals surface area contributed by atoms with E-state index in [0.29, 0.717) is 0 Å². The van der Waals surface area contributed by atoms with Gasteiger partial charge in [0.25, 0.3) is 0 Å². The van der Waals surface area contributed by atoms with E-state index in [4.69, 9.17) is 0 Å². The fraction of sp³-hybridized carbons (Fsp3) is 0.333. The second-order valence-electron chi connectivity index (χ2n) is 5.04. The average Bonchev–Trinajstić information content (AvgIpc) is 3.09. The quantitative estimate of drug-likeness (QED) is 0.631. The van der Waals surface area contributed by atoms with E-state index in [0.717, 1.165) is 9.47 Å². The van der Waals surface area contributed by atoms with Crippen molar-refractivity contribution in [3.05, 3.63) is 53.4 Å². The Kier molecular flexibility index (Phi) is 6.12. The molecule has 0 fully saturated rings. The molecule has 0 saturated carbocycles. The predicted molar refractivity (Wildman–Crippen MR) is 89.9 cm³/mol. The van der Waals surface area contributed by atoms with Gasteiger partial charge in [0.15, 0.2) is 0 Å². The summed E-state index contributed by atoms with van der Waals surface area (Å²) in [5.74, 6) is -0.727. The van der Waals surface area contributed by atoms with E-state index in [1.165, 1.54) is 29.4 Å². The van der Waals surface area contributed by atoms with Gasteiger partial charge in [-0.1, -0.05) is 24.3 Å². The summed E-state index contributed by atoms with van der Waals surface area (Å²) in [7, 11) is -4.37. The predicted octanol–water partition coefficient (Wildman–Crippen LogP) is 0.882. The van der Waals surface area contributed by atoms with Gasteiger partial charge in [0, 0.05) is 24.8 Å². The SMILES string of the molecule is C/C=C/C1C=CN(COS(=O)(=O)OCn2ccn(/C=C/C)c2=O)C1=O. The number of carbonyl (C=O) groups is 1. The van der Waals surface area contributed by atoms with Gasteiger partial charge in [-0.25, -0.2) is 13.2 Å². The molecule has 0 bridgehead atoms. The minimum absolute atomic E-state index is 0.298. The van der Waals surface area contributed by atoms with Crippen LogP contribution in [0.25, 0.3) is 6.20 Å². The lowest BCUT2D eigenvalue weighted by molar-refractivity contribution is -0.131. The summed E-state index contributed by atoms with van der Waals surface area (Å²) in [6, 6.07) is 0. The van der Waals surface area contributed by atoms with Crippen LogP contribution in [0.5, 0.6) is 0 Å². The second-order valence-corrected chi connectivity index (χ2v) is 6.33. The molecule has 0 aliphatic carbocycles. The lowest BCUT2D eigenvalue weighted by Gasteiger charge is -2.14. The number of imidazole rings is 1. The number of nitrogens with zero attached hydrogens (tertiary/aromatic N) is 3. The Morgan fingerprint density at radius 2 is 1.84 bits per heavy atom. The van der Waals surface area contributed by atoms with Gasteiger partial charge in [0.05, 0.1) is 5.92 Å². The molecule has 1 aliphatic heterocycles. The van der Waals surface area contributed by atoms with Crippen molar-refractivity contribution < 1.29 is 21.6 Å². The highest BCUT2D eigenvalue weighted by molar-refractivity contribution is 7.81. The van der Waals surface area contributed by atoms with E-state index < -0.39 is 35.5 Å². The highest BCUT2D eigenvalue weighted by Crippen LogP contribution is 2.16. The van der Waals surface area contributed by atoms with E-state index in [1.54, 1.807) is 38.2 Å². The standard InChI is InChI=1S/C15H19N3O6S/c1-3-5-13-6-8-17(14(13)19)11-23-25(21,22)24-12-18-10-9-16(7-4-2)15(18)20/h3-10,13H,11-12H2,1-2H3/b5-3+,7-4+. The number of aromatic nitrogens is 2. The monoisotopic (exact) mass is 369 g/mol. The molecule has 1 aliphatic rings. The maximum atomic E-state index is 11.9. The molecule has 0 radical (unpaired) electrons. The van der Waals surface area contributed by atoms with E-state index in [2.05, 4.69) is 8.37 Å². The van der Waals surface area contributed by atoms with Crippen LogP contribution in [0.3, 0.4) is 0 Å². The van der Waals surface area contributed by atoms with Crippen LogP contribution in [-0.2, 0) is 30.3 Å². The third kappa shape index (κ3) is 4.78. The van der Waals surface area contributed by atoms with Crippen LogP contribution in [0.1, 0.15) is 13.8 Å². The first-order valence-electron chi connectivity index (χ1n) is 7.43. The number of hydrogen-bond acceptors (Lipinski definition) is 6. The molecule has 0 spiro atoms. The molecule has 0 N–H and O–H groups in total. The summed E-state index contributed by atoms with van der Waals surface area (Å²) in [6.07, 6.45) is 12.5. The maximum Gasteiger partial charge on any atom is 0.403 e. The van der Waals surface area contributed by atoms with Crippen molar-refractivity contribution in [2.24, 2.45) is 5.92 Å². The Labute approximate surface area is 145 Å². The van der Waals surface area contributed by atoms with Gasteiger partial charge in [0.2, 0.25) is 5.91 Å². The number of carbonyl (C=O) groups excluding carboxylic acids is 1. The molecule has 1 amide bonds. The van der Waals surface area contributed by atoms with E-state index in [1.807, 2.05) is 0 Å². The van der Waals surface area contributed by atoms with Crippen LogP contribution in [0.15, 0.2) is 47.7 Å². The average molecular weight is 369 g/mol. The van der Waals surface area contributed by atoms with Crippen molar-refractivity contribution in [2.75, 3.05) is 6.73 Å². The zero-order valence-corrected chi connectivity index (χ0v) is 14.6. The van der Waals surface area contributed by atoms with Gasteiger partial charge in [-0.2, -0.15) is 8.42 Å². The van der Waals surface area contributed by atoms with Crippen molar-refractivity contribution in [1.29, 1.82) is 0 Å². The Balaban J connectivity index is 1.90. The molecule has 1 unspecified atom stereocenters. The second kappa shape index (κ2) is 8.10. The molecule has 1 aromatic rings. The molecule has 10 heteroatoms. The van der Waals surface area contributed by atoms with E-state index >= 15 is 0 Å². The minimum Gasteiger partial charge on any atom is -0.293 e. The first-order chi connectivity index (χ1) is 11.9. The highest BCUT2D eigenvalue weighted by Gasteiger charge is 2.26. The summed E-state index contributed by atoms with van der Waals surface area (Å²) < 4.78 is 35.2. The smallest absolute Gasteiger partial charge is 0.293 e. The van der Waals surface area contributed by atoms with Crippen LogP contribution in [0, 0.1) is 5.92 Å². The summed E-state index contributed by atoms with van der Waals surface area (Å²) in [5, 5.41) is 0. The minimum atomic E-state index is -4.37. The van der Waals surface area contributed by atoms with Gasteiger partial charge >= 0.3 is 16.1 Å². The Bertz CT molecular complexity index is 862. The lowest BCUT2D eigenvalue weighted by atomic mass is 10.1. The van der Waals surface area contributed by atoms with Gasteiger partial charge in [-0.05, 0) is 13.8 Å². The third-order valence-corrected chi connectivity index (χ3v) is 4.09. The molecular weight excluding hydrogens is 350 g/mol. The highest BCUT2D eigenvalue weighted by atomic mass is 32.3. The molecule has 0 aromatic carbocycles. The molecule has 136 valence electrons. The summed E-state index contributed by atoms with van der Waals surface area (Å²) in [4.78, 5) is 24.9. The Morgan fingerprint density at radius 3 is 2.52 bits per heavy atom. The molecule has 2 rings (SSSR count). The molecular formula is C15H19N3O6S. The summed E-state index contributed by atoms with van der Waals surface area (Å²) in [5.41, 5.74) is -0.458. The van der Waals surface area contributed by atoms with E-state index in [9.17, 15) is 18.0 Å². The third-order valence-electron chi connectivity index (χ3n) is 3.30. The number of amides is 1. The summed E-state index contributed by atoms with van der Waals surface area (Å²) >= 11 is 0. The first kappa shape index (κ1) is 18.9. The van der Waals surface area contributed by atoms with E-state index in [-0.39, 0.29) is 5.91 Å². The topological polar surface area (TPSA) is 99.8 Å². The lowest BCUT2D eigenvalue weighted by Crippen LogP contribution is -2.30. The number of hydrogen-bond donors (Lipinski definition) is 0.